The van der Waals surface area contributed by atoms with E-state index in [0.29, 0.717) is 51.2 Å². The Labute approximate surface area is 237 Å². The first-order chi connectivity index (χ1) is 19.6. The van der Waals surface area contributed by atoms with Crippen molar-refractivity contribution in [3.8, 4) is 38.0 Å². The van der Waals surface area contributed by atoms with Crippen molar-refractivity contribution in [1.29, 1.82) is 0 Å². The highest BCUT2D eigenvalue weighted by Gasteiger charge is 2.30. The minimum absolute atomic E-state index is 0.251. The molecule has 3 aromatic carbocycles. The predicted octanol–water partition coefficient (Wildman–Crippen LogP) is 7.17. The number of nitrogens with one attached hydrogen (secondary N) is 1. The van der Waals surface area contributed by atoms with Crippen molar-refractivity contribution in [2.45, 2.75) is 13.1 Å². The van der Waals surface area contributed by atoms with Crippen molar-refractivity contribution >= 4 is 17.2 Å². The molecule has 0 atom stereocenters. The lowest BCUT2D eigenvalue weighted by atomic mass is 10.0. The molecule has 1 amide bonds. The molecule has 0 aliphatic heterocycles. The standard InChI is InChI=1S/C30H24F4N4O2S/c1-18-25(22-4-3-5-24(31)16-22)17-38(37-18)29-36-26(19-10-12-23(13-11-19)30(32,33)34)27(41-29)20-6-8-21(9-7-20)28(39)35-14-15-40-2/h3-13,16-17H,14-15H2,1-2H3,(H,35,39). The van der Waals surface area contributed by atoms with Crippen molar-refractivity contribution in [3.63, 3.8) is 0 Å². The molecule has 0 saturated heterocycles. The number of thiazole rings is 1. The first-order valence-electron chi connectivity index (χ1n) is 12.5. The molecular weight excluding hydrogens is 556 g/mol. The predicted molar refractivity (Wildman–Crippen MR) is 149 cm³/mol. The molecule has 1 N–H and O–H groups in total. The van der Waals surface area contributed by atoms with Crippen molar-refractivity contribution in [1.82, 2.24) is 20.1 Å². The number of amides is 1. The van der Waals surface area contributed by atoms with Gasteiger partial charge in [0.15, 0.2) is 0 Å². The topological polar surface area (TPSA) is 69.0 Å². The van der Waals surface area contributed by atoms with Crippen LogP contribution < -0.4 is 5.32 Å². The molecule has 210 valence electrons. The SMILES string of the molecule is COCCNC(=O)c1ccc(-c2sc(-n3cc(-c4cccc(F)c4)c(C)n3)nc2-c2ccc(C(F)(F)F)cc2)cc1. The van der Waals surface area contributed by atoms with Gasteiger partial charge < -0.3 is 10.1 Å². The molecule has 0 bridgehead atoms. The lowest BCUT2D eigenvalue weighted by molar-refractivity contribution is -0.137. The number of aryl methyl sites for hydroxylation is 1. The fourth-order valence-electron chi connectivity index (χ4n) is 4.25. The second-order valence-corrected chi connectivity index (χ2v) is 10.1. The molecular formula is C30H24F4N4O2S. The lowest BCUT2D eigenvalue weighted by Crippen LogP contribution is -2.26. The van der Waals surface area contributed by atoms with Crippen molar-refractivity contribution in [2.75, 3.05) is 20.3 Å². The summed E-state index contributed by atoms with van der Waals surface area (Å²) in [7, 11) is 1.55. The third kappa shape index (κ3) is 6.21. The number of alkyl halides is 3. The Morgan fingerprint density at radius 2 is 1.71 bits per heavy atom. The molecule has 2 heterocycles. The molecule has 2 aromatic heterocycles. The van der Waals surface area contributed by atoms with E-state index in [9.17, 15) is 22.4 Å². The molecule has 5 rings (SSSR count). The number of halogens is 4. The van der Waals surface area contributed by atoms with E-state index < -0.39 is 11.7 Å². The minimum atomic E-state index is -4.46. The van der Waals surface area contributed by atoms with Crippen LogP contribution in [0.3, 0.4) is 0 Å². The Hall–Kier alpha value is -4.35. The summed E-state index contributed by atoms with van der Waals surface area (Å²) in [5.41, 5.74) is 3.42. The van der Waals surface area contributed by atoms with E-state index in [1.54, 1.807) is 61.3 Å². The van der Waals surface area contributed by atoms with Gasteiger partial charge in [0.25, 0.3) is 5.91 Å². The molecule has 6 nitrogen and oxygen atoms in total. The first-order valence-corrected chi connectivity index (χ1v) is 13.3. The normalized spacial score (nSPS) is 11.6. The summed E-state index contributed by atoms with van der Waals surface area (Å²) in [5.74, 6) is -0.620. The summed E-state index contributed by atoms with van der Waals surface area (Å²) in [6.07, 6.45) is -2.72. The molecule has 5 aromatic rings. The Morgan fingerprint density at radius 3 is 2.37 bits per heavy atom. The van der Waals surface area contributed by atoms with E-state index >= 15 is 0 Å². The van der Waals surface area contributed by atoms with Gasteiger partial charge in [-0.2, -0.15) is 18.3 Å². The number of benzene rings is 3. The second-order valence-electron chi connectivity index (χ2n) is 9.16. The third-order valence-corrected chi connectivity index (χ3v) is 7.43. The summed E-state index contributed by atoms with van der Waals surface area (Å²) in [6, 6.07) is 17.9. The zero-order valence-electron chi connectivity index (χ0n) is 22.0. The lowest BCUT2D eigenvalue weighted by Gasteiger charge is -2.08. The monoisotopic (exact) mass is 580 g/mol. The number of nitrogens with zero attached hydrogens (tertiary/aromatic N) is 3. The van der Waals surface area contributed by atoms with Crippen LogP contribution in [0.5, 0.6) is 0 Å². The van der Waals surface area contributed by atoms with Gasteiger partial charge in [-0.05, 0) is 54.4 Å². The quantitative estimate of drug-likeness (QED) is 0.156. The molecule has 0 aliphatic carbocycles. The molecule has 0 spiro atoms. The minimum Gasteiger partial charge on any atom is -0.383 e. The van der Waals surface area contributed by atoms with Crippen LogP contribution in [0.25, 0.3) is 38.0 Å². The summed E-state index contributed by atoms with van der Waals surface area (Å²) in [6.45, 7) is 2.56. The Morgan fingerprint density at radius 1 is 1.00 bits per heavy atom. The number of carbonyl (C=O) groups is 1. The fourth-order valence-corrected chi connectivity index (χ4v) is 5.28. The van der Waals surface area contributed by atoms with Crippen LogP contribution in [-0.2, 0) is 10.9 Å². The van der Waals surface area contributed by atoms with Crippen LogP contribution in [0.2, 0.25) is 0 Å². The number of aromatic nitrogens is 3. The summed E-state index contributed by atoms with van der Waals surface area (Å²) in [5, 5.41) is 7.82. The number of ether oxygens (including phenoxy) is 1. The maximum absolute atomic E-state index is 13.9. The van der Waals surface area contributed by atoms with Gasteiger partial charge in [0, 0.05) is 36.5 Å². The van der Waals surface area contributed by atoms with Crippen LogP contribution in [0.1, 0.15) is 21.6 Å². The highest BCUT2D eigenvalue weighted by Crippen LogP contribution is 2.40. The molecule has 0 unspecified atom stereocenters. The van der Waals surface area contributed by atoms with E-state index in [0.717, 1.165) is 23.3 Å². The van der Waals surface area contributed by atoms with Crippen LogP contribution in [0, 0.1) is 12.7 Å². The zero-order chi connectivity index (χ0) is 29.1. The van der Waals surface area contributed by atoms with E-state index in [1.807, 2.05) is 0 Å². The van der Waals surface area contributed by atoms with Gasteiger partial charge in [0.1, 0.15) is 5.82 Å². The Bertz CT molecular complexity index is 1680. The number of hydrogen-bond donors (Lipinski definition) is 1. The van der Waals surface area contributed by atoms with Gasteiger partial charge >= 0.3 is 6.18 Å². The Kier molecular flexibility index (Phi) is 8.00. The van der Waals surface area contributed by atoms with Crippen molar-refractivity contribution in [2.24, 2.45) is 0 Å². The summed E-state index contributed by atoms with van der Waals surface area (Å²) >= 11 is 1.30. The number of methoxy groups -OCH3 is 1. The van der Waals surface area contributed by atoms with Crippen LogP contribution in [0.4, 0.5) is 17.6 Å². The van der Waals surface area contributed by atoms with Crippen molar-refractivity contribution in [3.05, 3.63) is 102 Å². The highest BCUT2D eigenvalue weighted by atomic mass is 32.1. The van der Waals surface area contributed by atoms with Gasteiger partial charge in [0.2, 0.25) is 5.13 Å². The van der Waals surface area contributed by atoms with Crippen LogP contribution >= 0.6 is 11.3 Å². The van der Waals surface area contributed by atoms with E-state index in [1.165, 1.54) is 35.6 Å². The van der Waals surface area contributed by atoms with Gasteiger partial charge in [-0.3, -0.25) is 4.79 Å². The Balaban J connectivity index is 1.55. The molecule has 0 radical (unpaired) electrons. The molecule has 41 heavy (non-hydrogen) atoms. The third-order valence-electron chi connectivity index (χ3n) is 6.33. The maximum atomic E-state index is 13.9. The second kappa shape index (κ2) is 11.6. The van der Waals surface area contributed by atoms with Gasteiger partial charge in [-0.15, -0.1) is 0 Å². The average molecular weight is 581 g/mol. The van der Waals surface area contributed by atoms with E-state index in [2.05, 4.69) is 10.4 Å². The number of rotatable bonds is 8. The van der Waals surface area contributed by atoms with Crippen LogP contribution in [-0.4, -0.2) is 40.9 Å². The van der Waals surface area contributed by atoms with Gasteiger partial charge in [0.05, 0.1) is 28.4 Å². The van der Waals surface area contributed by atoms with Gasteiger partial charge in [-0.1, -0.05) is 47.7 Å². The number of carbonyl (C=O) groups excluding carboxylic acids is 1. The average Bonchev–Trinajstić information content (AvgIpc) is 3.57. The van der Waals surface area contributed by atoms with E-state index in [4.69, 9.17) is 9.72 Å². The van der Waals surface area contributed by atoms with Crippen molar-refractivity contribution < 1.29 is 27.1 Å². The maximum Gasteiger partial charge on any atom is 0.416 e. The summed E-state index contributed by atoms with van der Waals surface area (Å²) < 4.78 is 60.0. The van der Waals surface area contributed by atoms with Crippen LogP contribution in [0.15, 0.2) is 79.0 Å². The zero-order valence-corrected chi connectivity index (χ0v) is 22.8. The fraction of sp³-hybridized carbons (Fsp3) is 0.167. The van der Waals surface area contributed by atoms with E-state index in [-0.39, 0.29) is 11.7 Å². The first kappa shape index (κ1) is 28.2. The molecule has 11 heteroatoms. The largest absolute Gasteiger partial charge is 0.416 e. The smallest absolute Gasteiger partial charge is 0.383 e. The number of hydrogen-bond acceptors (Lipinski definition) is 5. The summed E-state index contributed by atoms with van der Waals surface area (Å²) in [4.78, 5) is 17.9. The van der Waals surface area contributed by atoms with Gasteiger partial charge in [-0.25, -0.2) is 14.1 Å². The molecule has 0 fully saturated rings. The highest BCUT2D eigenvalue weighted by molar-refractivity contribution is 7.18. The molecule has 0 aliphatic rings. The molecule has 0 saturated carbocycles.